The van der Waals surface area contributed by atoms with Gasteiger partial charge >= 0.3 is 0 Å². The van der Waals surface area contributed by atoms with Crippen molar-refractivity contribution >= 4 is 40.7 Å². The topological polar surface area (TPSA) is 81.8 Å². The summed E-state index contributed by atoms with van der Waals surface area (Å²) < 4.78 is 0. The van der Waals surface area contributed by atoms with Gasteiger partial charge in [-0.3, -0.25) is 14.4 Å². The number of carbonyl (C=O) groups excluding carboxylic acids is 3. The van der Waals surface area contributed by atoms with E-state index < -0.39 is 0 Å². The van der Waals surface area contributed by atoms with Crippen LogP contribution in [-0.2, 0) is 14.4 Å². The SMILES string of the molecule is CCCN(CCC)C(=O)CCCC(=O)Nc1ccc(N2CCNC(=O)C2)c(Cl)c1. The van der Waals surface area contributed by atoms with Gasteiger partial charge in [-0.2, -0.15) is 0 Å². The van der Waals surface area contributed by atoms with Crippen LogP contribution in [-0.4, -0.2) is 55.3 Å². The number of nitrogens with zero attached hydrogens (tertiary/aromatic N) is 2. The molecule has 1 fully saturated rings. The number of rotatable bonds is 10. The van der Waals surface area contributed by atoms with Crippen LogP contribution >= 0.6 is 11.6 Å². The van der Waals surface area contributed by atoms with E-state index in [0.717, 1.165) is 31.6 Å². The molecule has 1 aromatic rings. The van der Waals surface area contributed by atoms with E-state index >= 15 is 0 Å². The van der Waals surface area contributed by atoms with E-state index in [1.807, 2.05) is 15.9 Å². The first-order valence-corrected chi connectivity index (χ1v) is 10.7. The molecule has 2 rings (SSSR count). The molecule has 29 heavy (non-hydrogen) atoms. The van der Waals surface area contributed by atoms with Crippen molar-refractivity contribution in [3.63, 3.8) is 0 Å². The van der Waals surface area contributed by atoms with Crippen molar-refractivity contribution in [2.24, 2.45) is 0 Å². The van der Waals surface area contributed by atoms with Gasteiger partial charge in [0.25, 0.3) is 0 Å². The molecule has 7 nitrogen and oxygen atoms in total. The average molecular weight is 423 g/mol. The van der Waals surface area contributed by atoms with Crippen molar-refractivity contribution in [3.8, 4) is 0 Å². The molecule has 0 unspecified atom stereocenters. The van der Waals surface area contributed by atoms with Gasteiger partial charge in [-0.05, 0) is 37.5 Å². The molecule has 0 aromatic heterocycles. The molecule has 8 heteroatoms. The van der Waals surface area contributed by atoms with Crippen molar-refractivity contribution in [1.82, 2.24) is 10.2 Å². The zero-order chi connectivity index (χ0) is 21.2. The maximum absolute atomic E-state index is 12.3. The van der Waals surface area contributed by atoms with E-state index in [9.17, 15) is 14.4 Å². The van der Waals surface area contributed by atoms with Crippen LogP contribution in [0.25, 0.3) is 0 Å². The van der Waals surface area contributed by atoms with Crippen LogP contribution in [0.5, 0.6) is 0 Å². The average Bonchev–Trinajstić information content (AvgIpc) is 2.67. The van der Waals surface area contributed by atoms with Gasteiger partial charge in [-0.1, -0.05) is 25.4 Å². The molecular formula is C21H31ClN4O3. The molecule has 3 amide bonds. The van der Waals surface area contributed by atoms with E-state index in [2.05, 4.69) is 24.5 Å². The third-order valence-electron chi connectivity index (χ3n) is 4.74. The van der Waals surface area contributed by atoms with Crippen molar-refractivity contribution in [1.29, 1.82) is 0 Å². The molecule has 160 valence electrons. The highest BCUT2D eigenvalue weighted by molar-refractivity contribution is 6.33. The second-order valence-electron chi connectivity index (χ2n) is 7.22. The van der Waals surface area contributed by atoms with Crippen LogP contribution < -0.4 is 15.5 Å². The van der Waals surface area contributed by atoms with Gasteiger partial charge in [0.1, 0.15) is 0 Å². The first-order valence-electron chi connectivity index (χ1n) is 10.3. The van der Waals surface area contributed by atoms with Gasteiger partial charge in [0.2, 0.25) is 17.7 Å². The van der Waals surface area contributed by atoms with Crippen molar-refractivity contribution in [2.45, 2.75) is 46.0 Å². The standard InChI is InChI=1S/C21H31ClN4O3/c1-3-11-25(12-4-2)21(29)7-5-6-19(27)24-16-8-9-18(17(22)14-16)26-13-10-23-20(28)15-26/h8-9,14H,3-7,10-13,15H2,1-2H3,(H,23,28)(H,24,27). The molecular weight excluding hydrogens is 392 g/mol. The summed E-state index contributed by atoms with van der Waals surface area (Å²) in [6, 6.07) is 5.28. The Labute approximate surface area is 177 Å². The van der Waals surface area contributed by atoms with Gasteiger partial charge < -0.3 is 20.4 Å². The highest BCUT2D eigenvalue weighted by Crippen LogP contribution is 2.29. The Hall–Kier alpha value is -2.28. The number of amides is 3. The molecule has 0 radical (unpaired) electrons. The maximum atomic E-state index is 12.3. The molecule has 0 saturated carbocycles. The number of hydrogen-bond donors (Lipinski definition) is 2. The van der Waals surface area contributed by atoms with E-state index in [4.69, 9.17) is 11.6 Å². The zero-order valence-corrected chi connectivity index (χ0v) is 18.1. The second-order valence-corrected chi connectivity index (χ2v) is 7.63. The van der Waals surface area contributed by atoms with Crippen LogP contribution in [0.15, 0.2) is 18.2 Å². The number of halogens is 1. The Morgan fingerprint density at radius 3 is 2.55 bits per heavy atom. The Morgan fingerprint density at radius 1 is 1.21 bits per heavy atom. The molecule has 2 N–H and O–H groups in total. The summed E-state index contributed by atoms with van der Waals surface area (Å²) in [4.78, 5) is 39.8. The summed E-state index contributed by atoms with van der Waals surface area (Å²) in [7, 11) is 0. The first kappa shape index (κ1) is 23.0. The summed E-state index contributed by atoms with van der Waals surface area (Å²) in [5.41, 5.74) is 1.38. The number of carbonyl (C=O) groups is 3. The molecule has 1 aromatic carbocycles. The fraction of sp³-hybridized carbons (Fsp3) is 0.571. The predicted octanol–water partition coefficient (Wildman–Crippen LogP) is 3.03. The Balaban J connectivity index is 1.82. The fourth-order valence-electron chi connectivity index (χ4n) is 3.37. The monoisotopic (exact) mass is 422 g/mol. The third-order valence-corrected chi connectivity index (χ3v) is 5.05. The number of benzene rings is 1. The molecule has 1 heterocycles. The Bertz CT molecular complexity index is 720. The summed E-state index contributed by atoms with van der Waals surface area (Å²) in [5, 5.41) is 6.10. The van der Waals surface area contributed by atoms with Crippen LogP contribution in [0.2, 0.25) is 5.02 Å². The van der Waals surface area contributed by atoms with Crippen molar-refractivity contribution < 1.29 is 14.4 Å². The molecule has 0 aliphatic carbocycles. The fourth-order valence-corrected chi connectivity index (χ4v) is 3.67. The molecule has 0 atom stereocenters. The highest BCUT2D eigenvalue weighted by Gasteiger charge is 2.19. The van der Waals surface area contributed by atoms with Crippen LogP contribution in [0, 0.1) is 0 Å². The van der Waals surface area contributed by atoms with E-state index in [1.165, 1.54) is 0 Å². The summed E-state index contributed by atoms with van der Waals surface area (Å²) >= 11 is 6.36. The predicted molar refractivity (Wildman–Crippen MR) is 116 cm³/mol. The summed E-state index contributed by atoms with van der Waals surface area (Å²) in [5.74, 6) is -0.0633. The third kappa shape index (κ3) is 7.24. The number of piperazine rings is 1. The van der Waals surface area contributed by atoms with Crippen LogP contribution in [0.3, 0.4) is 0 Å². The zero-order valence-electron chi connectivity index (χ0n) is 17.3. The van der Waals surface area contributed by atoms with Crippen molar-refractivity contribution in [3.05, 3.63) is 23.2 Å². The lowest BCUT2D eigenvalue weighted by atomic mass is 10.2. The number of hydrogen-bond acceptors (Lipinski definition) is 4. The minimum atomic E-state index is -0.142. The molecule has 1 aliphatic rings. The normalized spacial score (nSPS) is 13.8. The quantitative estimate of drug-likeness (QED) is 0.607. The second kappa shape index (κ2) is 11.7. The summed E-state index contributed by atoms with van der Waals surface area (Å²) in [6.45, 7) is 7.19. The van der Waals surface area contributed by atoms with Gasteiger partial charge in [0.05, 0.1) is 17.3 Å². The maximum Gasteiger partial charge on any atom is 0.239 e. The van der Waals surface area contributed by atoms with Gasteiger partial charge in [-0.15, -0.1) is 0 Å². The van der Waals surface area contributed by atoms with E-state index in [0.29, 0.717) is 36.6 Å². The van der Waals surface area contributed by atoms with Crippen LogP contribution in [0.1, 0.15) is 46.0 Å². The number of anilines is 2. The van der Waals surface area contributed by atoms with E-state index in [-0.39, 0.29) is 30.7 Å². The Morgan fingerprint density at radius 2 is 1.93 bits per heavy atom. The van der Waals surface area contributed by atoms with Crippen molar-refractivity contribution in [2.75, 3.05) is 42.9 Å². The van der Waals surface area contributed by atoms with E-state index in [1.54, 1.807) is 12.1 Å². The van der Waals surface area contributed by atoms with Crippen LogP contribution in [0.4, 0.5) is 11.4 Å². The lowest BCUT2D eigenvalue weighted by Crippen LogP contribution is -2.47. The van der Waals surface area contributed by atoms with Gasteiger partial charge in [-0.25, -0.2) is 0 Å². The molecule has 0 bridgehead atoms. The van der Waals surface area contributed by atoms with Gasteiger partial charge in [0.15, 0.2) is 0 Å². The largest absolute Gasteiger partial charge is 0.359 e. The minimum absolute atomic E-state index is 0.0318. The molecule has 1 aliphatic heterocycles. The summed E-state index contributed by atoms with van der Waals surface area (Å²) in [6.07, 6.45) is 3.05. The smallest absolute Gasteiger partial charge is 0.239 e. The molecule has 0 spiro atoms. The lowest BCUT2D eigenvalue weighted by Gasteiger charge is -2.29. The molecule has 1 saturated heterocycles. The first-order chi connectivity index (χ1) is 13.9. The Kier molecular flexibility index (Phi) is 9.25. The number of nitrogens with one attached hydrogen (secondary N) is 2. The lowest BCUT2D eigenvalue weighted by molar-refractivity contribution is -0.131. The highest BCUT2D eigenvalue weighted by atomic mass is 35.5. The minimum Gasteiger partial charge on any atom is -0.359 e. The van der Waals surface area contributed by atoms with Gasteiger partial charge in [0, 0.05) is 44.7 Å².